The summed E-state index contributed by atoms with van der Waals surface area (Å²) in [6, 6.07) is -0.477. The minimum absolute atomic E-state index is 0.220. The number of hydrogen-bond donors (Lipinski definition) is 3. The van der Waals surface area contributed by atoms with Gasteiger partial charge in [-0.15, -0.1) is 0 Å². The van der Waals surface area contributed by atoms with Gasteiger partial charge in [0.1, 0.15) is 11.4 Å². The summed E-state index contributed by atoms with van der Waals surface area (Å²) in [5.41, 5.74) is 4.18. The predicted octanol–water partition coefficient (Wildman–Crippen LogP) is 0.624. The Kier molecular flexibility index (Phi) is 6.01. The topological polar surface area (TPSA) is 140 Å². The highest BCUT2D eigenvalue weighted by molar-refractivity contribution is 5.96. The second-order valence-corrected chi connectivity index (χ2v) is 6.22. The van der Waals surface area contributed by atoms with Gasteiger partial charge in [-0.05, 0) is 25.7 Å². The van der Waals surface area contributed by atoms with Crippen LogP contribution in [0.3, 0.4) is 0 Å². The van der Waals surface area contributed by atoms with Gasteiger partial charge in [-0.1, -0.05) is 19.4 Å². The average Bonchev–Trinajstić information content (AvgIpc) is 2.61. The Hall–Kier alpha value is -2.84. The molecule has 0 bridgehead atoms. The second-order valence-electron chi connectivity index (χ2n) is 6.22. The molecular weight excluding hydrogens is 340 g/mol. The molecule has 1 aliphatic carbocycles. The molecule has 0 fully saturated rings. The van der Waals surface area contributed by atoms with Crippen LogP contribution >= 0.6 is 0 Å². The Morgan fingerprint density at radius 3 is 2.65 bits per heavy atom. The molecule has 26 heavy (non-hydrogen) atoms. The van der Waals surface area contributed by atoms with Crippen LogP contribution in [-0.4, -0.2) is 33.2 Å². The Balaban J connectivity index is 2.55. The molecule has 1 heterocycles. The van der Waals surface area contributed by atoms with Gasteiger partial charge in [-0.2, -0.15) is 0 Å². The molecule has 0 saturated heterocycles. The Bertz CT molecular complexity index is 865. The summed E-state index contributed by atoms with van der Waals surface area (Å²) < 4.78 is 6.81. The average molecular weight is 364 g/mol. The molecule has 0 spiro atoms. The summed E-state index contributed by atoms with van der Waals surface area (Å²) in [6.45, 7) is 2.15. The van der Waals surface area contributed by atoms with Crippen molar-refractivity contribution in [1.82, 2.24) is 9.13 Å². The molecule has 0 amide bonds. The van der Waals surface area contributed by atoms with Gasteiger partial charge in [0, 0.05) is 18.2 Å². The maximum Gasteiger partial charge on any atom is 0.334 e. The first-order chi connectivity index (χ1) is 12.3. The van der Waals surface area contributed by atoms with Crippen molar-refractivity contribution in [3.8, 4) is 5.88 Å². The first-order valence-corrected chi connectivity index (χ1v) is 8.53. The van der Waals surface area contributed by atoms with E-state index in [0.29, 0.717) is 31.3 Å². The fraction of sp³-hybridized carbons (Fsp3) is 0.529. The van der Waals surface area contributed by atoms with Gasteiger partial charge in [0.2, 0.25) is 5.88 Å². The van der Waals surface area contributed by atoms with E-state index in [-0.39, 0.29) is 12.1 Å². The molecule has 0 radical (unpaired) electrons. The molecule has 9 nitrogen and oxygen atoms in total. The van der Waals surface area contributed by atoms with E-state index in [9.17, 15) is 19.5 Å². The van der Waals surface area contributed by atoms with Crippen LogP contribution in [0.4, 0.5) is 0 Å². The van der Waals surface area contributed by atoms with Crippen molar-refractivity contribution in [1.29, 1.82) is 5.41 Å². The number of aromatic nitrogens is 2. The molecule has 1 aromatic rings. The number of aromatic hydroxyl groups is 1. The molecule has 0 aromatic carbocycles. The van der Waals surface area contributed by atoms with Gasteiger partial charge in [-0.25, -0.2) is 9.59 Å². The van der Waals surface area contributed by atoms with Crippen LogP contribution < -0.4 is 17.0 Å². The normalized spacial score (nSPS) is 16.8. The number of carbonyl (C=O) groups is 1. The molecule has 2 rings (SSSR count). The summed E-state index contributed by atoms with van der Waals surface area (Å²) in [4.78, 5) is 37.1. The van der Waals surface area contributed by atoms with Crippen LogP contribution in [0.1, 0.15) is 50.6 Å². The maximum absolute atomic E-state index is 12.8. The molecule has 0 saturated carbocycles. The number of rotatable bonds is 6. The first-order valence-electron chi connectivity index (χ1n) is 8.53. The van der Waals surface area contributed by atoms with Crippen molar-refractivity contribution >= 4 is 11.8 Å². The van der Waals surface area contributed by atoms with Crippen molar-refractivity contribution in [3.63, 3.8) is 0 Å². The third-order valence-corrected chi connectivity index (χ3v) is 4.55. The number of carbonyl (C=O) groups excluding carboxylic acids is 1. The Morgan fingerprint density at radius 2 is 2.15 bits per heavy atom. The van der Waals surface area contributed by atoms with Gasteiger partial charge in [0.05, 0.1) is 7.11 Å². The number of nitrogens with one attached hydrogen (secondary N) is 1. The quantitative estimate of drug-likeness (QED) is 0.384. The Morgan fingerprint density at radius 1 is 1.46 bits per heavy atom. The van der Waals surface area contributed by atoms with Crippen LogP contribution in [0.25, 0.3) is 0 Å². The fourth-order valence-electron chi connectivity index (χ4n) is 3.11. The monoisotopic (exact) mass is 364 g/mol. The SMILES string of the molecule is CCCCn1c(O)c(C(=N)N)c(=O)n(C2CC=C(C(=O)OC)CC2)c1=O. The van der Waals surface area contributed by atoms with Crippen LogP contribution in [0, 0.1) is 5.41 Å². The highest BCUT2D eigenvalue weighted by Crippen LogP contribution is 2.27. The third kappa shape index (κ3) is 3.56. The molecule has 9 heteroatoms. The largest absolute Gasteiger partial charge is 0.494 e. The number of hydrogen-bond acceptors (Lipinski definition) is 6. The van der Waals surface area contributed by atoms with Gasteiger partial charge in [0.25, 0.3) is 5.56 Å². The first kappa shape index (κ1) is 19.5. The Labute approximate surface area is 150 Å². The highest BCUT2D eigenvalue weighted by Gasteiger charge is 2.27. The van der Waals surface area contributed by atoms with E-state index in [4.69, 9.17) is 11.1 Å². The van der Waals surface area contributed by atoms with E-state index in [1.54, 1.807) is 6.08 Å². The molecule has 0 aliphatic heterocycles. The lowest BCUT2D eigenvalue weighted by molar-refractivity contribution is -0.136. The summed E-state index contributed by atoms with van der Waals surface area (Å²) >= 11 is 0. The van der Waals surface area contributed by atoms with Gasteiger partial charge < -0.3 is 15.6 Å². The van der Waals surface area contributed by atoms with E-state index in [1.165, 1.54) is 7.11 Å². The fourth-order valence-corrected chi connectivity index (χ4v) is 3.11. The summed E-state index contributed by atoms with van der Waals surface area (Å²) in [5.74, 6) is -1.59. The molecule has 4 N–H and O–H groups in total. The molecule has 1 aliphatic rings. The van der Waals surface area contributed by atoms with E-state index in [2.05, 4.69) is 4.74 Å². The maximum atomic E-state index is 12.8. The number of amidine groups is 1. The van der Waals surface area contributed by atoms with Gasteiger partial charge in [0.15, 0.2) is 0 Å². The number of unbranched alkanes of at least 4 members (excludes halogenated alkanes) is 1. The lowest BCUT2D eigenvalue weighted by Gasteiger charge is -2.24. The van der Waals surface area contributed by atoms with E-state index >= 15 is 0 Å². The molecule has 1 atom stereocenters. The van der Waals surface area contributed by atoms with Crippen molar-refractivity contribution in [2.45, 2.75) is 51.6 Å². The molecule has 1 unspecified atom stereocenters. The minimum Gasteiger partial charge on any atom is -0.494 e. The number of nitrogens with two attached hydrogens (primary N) is 1. The van der Waals surface area contributed by atoms with E-state index in [0.717, 1.165) is 15.6 Å². The molecular formula is C17H24N4O5. The molecule has 142 valence electrons. The standard InChI is InChI=1S/C17H24N4O5/c1-3-4-9-20-14(22)12(13(18)19)15(23)21(17(20)25)11-7-5-10(6-8-11)16(24)26-2/h5,11,22H,3-4,6-9H2,1-2H3,(H3,18,19). The highest BCUT2D eigenvalue weighted by atomic mass is 16.5. The van der Waals surface area contributed by atoms with Crippen LogP contribution in [-0.2, 0) is 16.1 Å². The van der Waals surface area contributed by atoms with Crippen molar-refractivity contribution < 1.29 is 14.6 Å². The van der Waals surface area contributed by atoms with Crippen molar-refractivity contribution in [2.75, 3.05) is 7.11 Å². The zero-order valence-corrected chi connectivity index (χ0v) is 14.9. The second kappa shape index (κ2) is 8.03. The van der Waals surface area contributed by atoms with Crippen LogP contribution in [0.5, 0.6) is 5.88 Å². The van der Waals surface area contributed by atoms with Crippen molar-refractivity contribution in [3.05, 3.63) is 38.1 Å². The molecule has 1 aromatic heterocycles. The zero-order valence-electron chi connectivity index (χ0n) is 14.9. The van der Waals surface area contributed by atoms with Crippen molar-refractivity contribution in [2.24, 2.45) is 5.73 Å². The third-order valence-electron chi connectivity index (χ3n) is 4.55. The summed E-state index contributed by atoms with van der Waals surface area (Å²) in [5, 5.41) is 17.9. The lowest BCUT2D eigenvalue weighted by atomic mass is 9.95. The number of esters is 1. The predicted molar refractivity (Wildman–Crippen MR) is 95.5 cm³/mol. The number of nitrogen functional groups attached to an aromatic ring is 1. The van der Waals surface area contributed by atoms with E-state index < -0.39 is 35.0 Å². The number of ether oxygens (including phenoxy) is 1. The van der Waals surface area contributed by atoms with Gasteiger partial charge in [-0.3, -0.25) is 19.3 Å². The lowest BCUT2D eigenvalue weighted by Crippen LogP contribution is -2.45. The zero-order chi connectivity index (χ0) is 19.4. The summed E-state index contributed by atoms with van der Waals surface area (Å²) in [7, 11) is 1.30. The number of methoxy groups -OCH3 is 1. The van der Waals surface area contributed by atoms with Gasteiger partial charge >= 0.3 is 11.7 Å². The summed E-state index contributed by atoms with van der Waals surface area (Å²) in [6.07, 6.45) is 4.13. The number of allylic oxidation sites excluding steroid dienone is 1. The van der Waals surface area contributed by atoms with Crippen LogP contribution in [0.2, 0.25) is 0 Å². The van der Waals surface area contributed by atoms with Crippen LogP contribution in [0.15, 0.2) is 21.2 Å². The smallest absolute Gasteiger partial charge is 0.334 e. The minimum atomic E-state index is -0.785. The van der Waals surface area contributed by atoms with E-state index in [1.807, 2.05) is 6.92 Å². The number of nitrogens with zero attached hydrogens (tertiary/aromatic N) is 2.